The van der Waals surface area contributed by atoms with Gasteiger partial charge in [0.15, 0.2) is 0 Å². The minimum absolute atomic E-state index is 0.153. The number of phosphoric acid groups is 1. The van der Waals surface area contributed by atoms with Gasteiger partial charge in [-0.05, 0) is 94.2 Å². The maximum Gasteiger partial charge on any atom is 0.476 e. The van der Waals surface area contributed by atoms with Gasteiger partial charge in [0.05, 0.1) is 36.4 Å². The van der Waals surface area contributed by atoms with Gasteiger partial charge in [-0.25, -0.2) is 17.7 Å². The molecule has 3 aliphatic carbocycles. The van der Waals surface area contributed by atoms with E-state index < -0.39 is 26.1 Å². The Morgan fingerprint density at radius 3 is 0.932 bits per heavy atom. The molecule has 3 atom stereocenters. The van der Waals surface area contributed by atoms with Crippen LogP contribution in [0.25, 0.3) is 66.5 Å². The second kappa shape index (κ2) is 20.1. The fraction of sp³-hybridized carbons (Fsp3) is 0.350. The lowest BCUT2D eigenvalue weighted by atomic mass is 10.0. The Morgan fingerprint density at radius 2 is 0.676 bits per heavy atom. The smallest absolute Gasteiger partial charge is 0.279 e. The summed E-state index contributed by atoms with van der Waals surface area (Å²) < 4.78 is 86.6. The molecule has 3 aromatic heterocycles. The van der Waals surface area contributed by atoms with Gasteiger partial charge in [0.25, 0.3) is 0 Å². The number of hydrogen-bond donors (Lipinski definition) is 0. The lowest BCUT2D eigenvalue weighted by Gasteiger charge is -2.27. The van der Waals surface area contributed by atoms with Crippen LogP contribution in [0.4, 0.5) is 13.2 Å². The van der Waals surface area contributed by atoms with Crippen LogP contribution in [0.2, 0.25) is 0 Å². The molecule has 380 valence electrons. The number of rotatable bonds is 15. The van der Waals surface area contributed by atoms with Gasteiger partial charge in [0.2, 0.25) is 0 Å². The number of aromatic nitrogens is 6. The number of hydrogen-bond acceptors (Lipinski definition) is 7. The lowest BCUT2D eigenvalue weighted by Crippen LogP contribution is -2.09. The van der Waals surface area contributed by atoms with Crippen LogP contribution >= 0.6 is 7.82 Å². The summed E-state index contributed by atoms with van der Waals surface area (Å²) in [7, 11) is -4.41. The van der Waals surface area contributed by atoms with Crippen molar-refractivity contribution < 1.29 is 31.3 Å². The van der Waals surface area contributed by atoms with E-state index in [4.69, 9.17) is 28.9 Å². The van der Waals surface area contributed by atoms with E-state index in [0.29, 0.717) is 33.6 Å². The van der Waals surface area contributed by atoms with E-state index in [1.165, 1.54) is 18.2 Å². The van der Waals surface area contributed by atoms with Gasteiger partial charge < -0.3 is 0 Å². The van der Waals surface area contributed by atoms with Crippen LogP contribution < -0.4 is 0 Å². The molecule has 0 radical (unpaired) electrons. The van der Waals surface area contributed by atoms with Crippen molar-refractivity contribution in [1.82, 2.24) is 29.3 Å². The molecule has 3 heterocycles. The molecular formula is C60H60F3N6O4P. The van der Waals surface area contributed by atoms with Crippen molar-refractivity contribution in [3.05, 3.63) is 162 Å². The minimum atomic E-state index is -4.41. The summed E-state index contributed by atoms with van der Waals surface area (Å²) in [5.74, 6) is -0.858. The predicted octanol–water partition coefficient (Wildman–Crippen LogP) is 17.2. The zero-order valence-corrected chi connectivity index (χ0v) is 42.9. The molecule has 14 heteroatoms. The normalized spacial score (nSPS) is 18.0. The molecule has 6 aromatic carbocycles. The van der Waals surface area contributed by atoms with Gasteiger partial charge in [-0.3, -0.25) is 27.6 Å². The number of fused-ring (bicyclic) bond motifs is 3. The van der Waals surface area contributed by atoms with Crippen molar-refractivity contribution >= 4 is 40.5 Å². The summed E-state index contributed by atoms with van der Waals surface area (Å²) in [6, 6.07) is 38.9. The first-order chi connectivity index (χ1) is 36.0. The third kappa shape index (κ3) is 9.09. The molecule has 74 heavy (non-hydrogen) atoms. The summed E-state index contributed by atoms with van der Waals surface area (Å²) in [5, 5.41) is 17.2. The van der Waals surface area contributed by atoms with E-state index >= 15 is 17.7 Å². The van der Waals surface area contributed by atoms with Gasteiger partial charge in [0, 0.05) is 32.8 Å². The largest absolute Gasteiger partial charge is 0.476 e. The summed E-state index contributed by atoms with van der Waals surface area (Å²) in [4.78, 5) is 0. The van der Waals surface area contributed by atoms with Gasteiger partial charge >= 0.3 is 7.82 Å². The summed E-state index contributed by atoms with van der Waals surface area (Å²) in [5.41, 5.74) is 8.32. The van der Waals surface area contributed by atoms with Crippen LogP contribution in [0.5, 0.6) is 0 Å². The first kappa shape index (κ1) is 48.6. The molecule has 9 aromatic rings. The summed E-state index contributed by atoms with van der Waals surface area (Å²) >= 11 is 0. The highest BCUT2D eigenvalue weighted by Crippen LogP contribution is 2.59. The average Bonchev–Trinajstić information content (AvgIpc) is 4.28. The third-order valence-electron chi connectivity index (χ3n) is 15.9. The molecule has 3 fully saturated rings. The Hall–Kier alpha value is -6.37. The van der Waals surface area contributed by atoms with Crippen molar-refractivity contribution in [2.24, 2.45) is 0 Å². The third-order valence-corrected chi connectivity index (χ3v) is 17.6. The quantitative estimate of drug-likeness (QED) is 0.0943. The molecule has 12 rings (SSSR count). The molecule has 0 amide bonds. The van der Waals surface area contributed by atoms with Crippen molar-refractivity contribution in [1.29, 1.82) is 0 Å². The molecule has 0 spiro atoms. The SMILES string of the molecule is CC(OP(=O)(OC(C)c1ccc(-c2nn(C3CCCC3)c3c(F)cccc23)cc1)OC(C)c1ccc(-c2nn(C3CCCC3)c3c(F)cccc23)cc1)c1ccc(-c2nn(C3CCCC3)c3c(F)cccc23)cc1. The first-order valence-electron chi connectivity index (χ1n) is 26.5. The molecule has 3 unspecified atom stereocenters. The molecule has 0 bridgehead atoms. The van der Waals surface area contributed by atoms with Gasteiger partial charge in [-0.15, -0.1) is 0 Å². The van der Waals surface area contributed by atoms with Gasteiger partial charge in [-0.1, -0.05) is 148 Å². The Bertz CT molecular complexity index is 3170. The van der Waals surface area contributed by atoms with Crippen LogP contribution in [0, 0.1) is 17.5 Å². The minimum Gasteiger partial charge on any atom is -0.279 e. The van der Waals surface area contributed by atoms with E-state index in [0.717, 1.165) is 127 Å². The second-order valence-electron chi connectivity index (χ2n) is 20.7. The van der Waals surface area contributed by atoms with E-state index in [1.807, 2.05) is 126 Å². The van der Waals surface area contributed by atoms with Crippen LogP contribution in [-0.4, -0.2) is 29.3 Å². The fourth-order valence-corrected chi connectivity index (χ4v) is 13.6. The number of halogens is 3. The van der Waals surface area contributed by atoms with Gasteiger partial charge in [0.1, 0.15) is 51.1 Å². The molecule has 10 nitrogen and oxygen atoms in total. The van der Waals surface area contributed by atoms with Crippen molar-refractivity contribution in [3.63, 3.8) is 0 Å². The van der Waals surface area contributed by atoms with Crippen LogP contribution in [-0.2, 0) is 18.1 Å². The van der Waals surface area contributed by atoms with Crippen LogP contribution in [0.15, 0.2) is 127 Å². The Labute approximate surface area is 429 Å². The highest BCUT2D eigenvalue weighted by molar-refractivity contribution is 7.48. The Balaban J connectivity index is 0.828. The van der Waals surface area contributed by atoms with E-state index in [9.17, 15) is 0 Å². The predicted molar refractivity (Wildman–Crippen MR) is 284 cm³/mol. The average molecular weight is 1020 g/mol. The molecule has 3 aliphatic rings. The number of phosphoric ester groups is 1. The topological polar surface area (TPSA) is 98.2 Å². The zero-order valence-electron chi connectivity index (χ0n) is 42.0. The molecule has 0 N–H and O–H groups in total. The van der Waals surface area contributed by atoms with E-state index in [-0.39, 0.29) is 35.6 Å². The molecule has 3 saturated carbocycles. The Kier molecular flexibility index (Phi) is 13.2. The standard InChI is InChI=1S/C60H60F3N6O4P/c1-37(40-25-31-43(32-26-40)55-49-19-10-22-52(61)58(49)67(64-55)46-13-4-5-14-46)71-74(70,72-38(2)41-27-33-44(34-28-41)56-50-20-11-23-53(62)59(50)68(65-56)47-15-6-7-16-47)73-39(3)42-29-35-45(36-30-42)57-51-21-12-24-54(63)60(51)69(66-57)48-17-8-9-18-48/h10-12,19-39,46-48H,4-9,13-18H2,1-3H3. The summed E-state index contributed by atoms with van der Waals surface area (Å²) in [6.45, 7) is 5.42. The fourth-order valence-electron chi connectivity index (χ4n) is 11.9. The van der Waals surface area contributed by atoms with E-state index in [2.05, 4.69) is 0 Å². The number of benzene rings is 6. The van der Waals surface area contributed by atoms with Crippen LogP contribution in [0.1, 0.15) is 151 Å². The maximum atomic E-state index is 15.4. The highest BCUT2D eigenvalue weighted by atomic mass is 31.2. The monoisotopic (exact) mass is 1020 g/mol. The second-order valence-corrected chi connectivity index (χ2v) is 22.2. The van der Waals surface area contributed by atoms with Gasteiger partial charge in [-0.2, -0.15) is 15.3 Å². The number of para-hydroxylation sites is 3. The molecular weight excluding hydrogens is 957 g/mol. The lowest BCUT2D eigenvalue weighted by molar-refractivity contribution is 0.0421. The highest BCUT2D eigenvalue weighted by Gasteiger charge is 2.36. The first-order valence-corrected chi connectivity index (χ1v) is 27.9. The van der Waals surface area contributed by atoms with E-state index in [1.54, 1.807) is 18.2 Å². The zero-order chi connectivity index (χ0) is 50.7. The van der Waals surface area contributed by atoms with Crippen molar-refractivity contribution in [3.8, 4) is 33.8 Å². The molecule has 0 aliphatic heterocycles. The maximum absolute atomic E-state index is 15.4. The molecule has 0 saturated heterocycles. The summed E-state index contributed by atoms with van der Waals surface area (Å²) in [6.07, 6.45) is 10.1. The number of nitrogens with zero attached hydrogens (tertiary/aromatic N) is 6. The Morgan fingerprint density at radius 1 is 0.419 bits per heavy atom. The van der Waals surface area contributed by atoms with Crippen molar-refractivity contribution in [2.75, 3.05) is 0 Å². The van der Waals surface area contributed by atoms with Crippen molar-refractivity contribution in [2.45, 2.75) is 134 Å². The van der Waals surface area contributed by atoms with Crippen LogP contribution in [0.3, 0.4) is 0 Å².